The molecule has 0 aromatic heterocycles. The number of fused-ring (bicyclic) bond motifs is 4. The molecule has 0 heterocycles. The first-order valence-corrected chi connectivity index (χ1v) is 11.4. The number of benzene rings is 6. The van der Waals surface area contributed by atoms with Crippen LogP contribution in [0.5, 0.6) is 0 Å². The summed E-state index contributed by atoms with van der Waals surface area (Å²) in [6, 6.07) is 39.1. The monoisotopic (exact) mass is 460 g/mol. The SMILES string of the molecule is C.C.C.CC(C)c1c2ccccc2cc2ccccc12.Cc1cccc2cc3ccccc3cc12. The van der Waals surface area contributed by atoms with Crippen molar-refractivity contribution in [2.45, 2.75) is 49.0 Å². The van der Waals surface area contributed by atoms with Gasteiger partial charge in [-0.25, -0.2) is 0 Å². The second-order valence-electron chi connectivity index (χ2n) is 8.88. The van der Waals surface area contributed by atoms with Gasteiger partial charge in [0.05, 0.1) is 0 Å². The molecule has 180 valence electrons. The van der Waals surface area contributed by atoms with Gasteiger partial charge in [-0.2, -0.15) is 0 Å². The maximum Gasteiger partial charge on any atom is -0.0143 e. The standard InChI is InChI=1S/C17H16.C15H12.3CH4/c1-12(2)17-15-9-5-3-7-13(15)11-14-8-4-6-10-16(14)17;1-11-5-4-8-14-9-12-6-2-3-7-13(12)10-15(11)14;;;/h3-12H,1-2H3;2-10H,1H3;3*1H4. The summed E-state index contributed by atoms with van der Waals surface area (Å²) < 4.78 is 0. The molecule has 0 radical (unpaired) electrons. The van der Waals surface area contributed by atoms with Gasteiger partial charge in [0.25, 0.3) is 0 Å². The van der Waals surface area contributed by atoms with Gasteiger partial charge in [0.2, 0.25) is 0 Å². The van der Waals surface area contributed by atoms with Crippen LogP contribution in [0, 0.1) is 6.92 Å². The molecule has 6 rings (SSSR count). The van der Waals surface area contributed by atoms with Crippen molar-refractivity contribution < 1.29 is 0 Å². The van der Waals surface area contributed by atoms with Crippen LogP contribution in [-0.4, -0.2) is 0 Å². The van der Waals surface area contributed by atoms with Crippen molar-refractivity contribution in [3.8, 4) is 0 Å². The zero-order valence-electron chi connectivity index (χ0n) is 19.0. The van der Waals surface area contributed by atoms with Gasteiger partial charge in [0, 0.05) is 0 Å². The number of rotatable bonds is 1. The molecule has 0 fully saturated rings. The predicted octanol–water partition coefficient (Wildman–Crippen LogP) is 11.3. The maximum absolute atomic E-state index is 2.29. The summed E-state index contributed by atoms with van der Waals surface area (Å²) in [5, 5.41) is 10.8. The third-order valence-corrected chi connectivity index (χ3v) is 6.35. The fraction of sp³-hybridized carbons (Fsp3) is 0.200. The van der Waals surface area contributed by atoms with Crippen LogP contribution in [0.15, 0.2) is 109 Å². The van der Waals surface area contributed by atoms with Crippen molar-refractivity contribution in [3.63, 3.8) is 0 Å². The quantitative estimate of drug-likeness (QED) is 0.214. The zero-order chi connectivity index (χ0) is 22.1. The van der Waals surface area contributed by atoms with Crippen molar-refractivity contribution in [2.75, 3.05) is 0 Å². The van der Waals surface area contributed by atoms with E-state index in [4.69, 9.17) is 0 Å². The third kappa shape index (κ3) is 5.38. The van der Waals surface area contributed by atoms with Gasteiger partial charge < -0.3 is 0 Å². The summed E-state index contributed by atoms with van der Waals surface area (Å²) in [7, 11) is 0. The van der Waals surface area contributed by atoms with Crippen LogP contribution in [0.3, 0.4) is 0 Å². The molecule has 0 atom stereocenters. The van der Waals surface area contributed by atoms with Gasteiger partial charge >= 0.3 is 0 Å². The lowest BCUT2D eigenvalue weighted by Crippen LogP contribution is -1.92. The lowest BCUT2D eigenvalue weighted by molar-refractivity contribution is 0.885. The van der Waals surface area contributed by atoms with Crippen molar-refractivity contribution in [3.05, 3.63) is 120 Å². The third-order valence-electron chi connectivity index (χ3n) is 6.35. The van der Waals surface area contributed by atoms with Crippen LogP contribution in [0.4, 0.5) is 0 Å². The Hall–Kier alpha value is -3.64. The minimum atomic E-state index is 0. The molecule has 35 heavy (non-hydrogen) atoms. The van der Waals surface area contributed by atoms with Crippen LogP contribution in [0.2, 0.25) is 0 Å². The first kappa shape index (κ1) is 27.6. The summed E-state index contributed by atoms with van der Waals surface area (Å²) in [5.74, 6) is 0.547. The van der Waals surface area contributed by atoms with E-state index in [1.165, 1.54) is 54.2 Å². The Morgan fingerprint density at radius 3 is 1.37 bits per heavy atom. The van der Waals surface area contributed by atoms with Gasteiger partial charge in [-0.3, -0.25) is 0 Å². The van der Waals surface area contributed by atoms with Gasteiger partial charge in [-0.05, 0) is 85.3 Å². The fourth-order valence-corrected chi connectivity index (χ4v) is 4.79. The highest BCUT2D eigenvalue weighted by Crippen LogP contribution is 2.33. The molecule has 0 saturated carbocycles. The summed E-state index contributed by atoms with van der Waals surface area (Å²) in [4.78, 5) is 0. The second-order valence-corrected chi connectivity index (χ2v) is 8.88. The van der Waals surface area contributed by atoms with Crippen LogP contribution in [-0.2, 0) is 0 Å². The van der Waals surface area contributed by atoms with Crippen LogP contribution >= 0.6 is 0 Å². The Bertz CT molecular complexity index is 1500. The van der Waals surface area contributed by atoms with Gasteiger partial charge in [0.1, 0.15) is 0 Å². The maximum atomic E-state index is 2.29. The van der Waals surface area contributed by atoms with Crippen molar-refractivity contribution in [1.82, 2.24) is 0 Å². The fourth-order valence-electron chi connectivity index (χ4n) is 4.79. The van der Waals surface area contributed by atoms with E-state index in [0.29, 0.717) is 5.92 Å². The van der Waals surface area contributed by atoms with Crippen LogP contribution < -0.4 is 0 Å². The summed E-state index contributed by atoms with van der Waals surface area (Å²) >= 11 is 0. The molecule has 6 aromatic carbocycles. The summed E-state index contributed by atoms with van der Waals surface area (Å²) in [5.41, 5.74) is 2.82. The number of hydrogen-bond acceptors (Lipinski definition) is 0. The van der Waals surface area contributed by atoms with Gasteiger partial charge in [-0.15, -0.1) is 0 Å². The topological polar surface area (TPSA) is 0 Å². The Labute approximate surface area is 212 Å². The van der Waals surface area contributed by atoms with E-state index in [2.05, 4.69) is 130 Å². The molecule has 0 N–H and O–H groups in total. The molecular formula is C35H40. The Morgan fingerprint density at radius 2 is 0.829 bits per heavy atom. The largest absolute Gasteiger partial charge is 0.0776 e. The van der Waals surface area contributed by atoms with E-state index in [1.807, 2.05) is 0 Å². The lowest BCUT2D eigenvalue weighted by Gasteiger charge is -2.14. The molecule has 0 unspecified atom stereocenters. The zero-order valence-corrected chi connectivity index (χ0v) is 19.0. The Kier molecular flexibility index (Phi) is 9.20. The van der Waals surface area contributed by atoms with Crippen LogP contribution in [0.25, 0.3) is 43.1 Å². The summed E-state index contributed by atoms with van der Waals surface area (Å²) in [6.45, 7) is 6.71. The summed E-state index contributed by atoms with van der Waals surface area (Å²) in [6.07, 6.45) is 0. The molecule has 0 heteroatoms. The molecule has 0 nitrogen and oxygen atoms in total. The average Bonchev–Trinajstić information content (AvgIpc) is 2.82. The van der Waals surface area contributed by atoms with E-state index >= 15 is 0 Å². The molecule has 6 aromatic rings. The smallest absolute Gasteiger partial charge is 0.0143 e. The number of hydrogen-bond donors (Lipinski definition) is 0. The van der Waals surface area contributed by atoms with E-state index in [1.54, 1.807) is 0 Å². The first-order chi connectivity index (χ1) is 15.6. The molecule has 0 aliphatic heterocycles. The number of aryl methyl sites for hydroxylation is 1. The van der Waals surface area contributed by atoms with E-state index in [-0.39, 0.29) is 22.3 Å². The molecule has 0 spiro atoms. The molecule has 0 saturated heterocycles. The first-order valence-electron chi connectivity index (χ1n) is 11.4. The van der Waals surface area contributed by atoms with Crippen molar-refractivity contribution in [2.24, 2.45) is 0 Å². The normalized spacial score (nSPS) is 10.3. The van der Waals surface area contributed by atoms with E-state index in [0.717, 1.165) is 0 Å². The van der Waals surface area contributed by atoms with Crippen molar-refractivity contribution >= 4 is 43.1 Å². The minimum Gasteiger partial charge on any atom is -0.0776 e. The molecule has 0 amide bonds. The highest BCUT2D eigenvalue weighted by molar-refractivity contribution is 6.02. The minimum absolute atomic E-state index is 0. The van der Waals surface area contributed by atoms with Crippen LogP contribution in [0.1, 0.15) is 53.2 Å². The Morgan fingerprint density at radius 1 is 0.429 bits per heavy atom. The second kappa shape index (κ2) is 11.7. The lowest BCUT2D eigenvalue weighted by atomic mass is 9.90. The molecule has 0 aliphatic carbocycles. The molecule has 0 bridgehead atoms. The molecule has 0 aliphatic rings. The molecular weight excluding hydrogens is 420 g/mol. The Balaban J connectivity index is 0.000000229. The highest BCUT2D eigenvalue weighted by Gasteiger charge is 2.09. The van der Waals surface area contributed by atoms with Crippen molar-refractivity contribution in [1.29, 1.82) is 0 Å². The van der Waals surface area contributed by atoms with Gasteiger partial charge in [-0.1, -0.05) is 127 Å². The van der Waals surface area contributed by atoms with E-state index < -0.39 is 0 Å². The van der Waals surface area contributed by atoms with E-state index in [9.17, 15) is 0 Å². The highest BCUT2D eigenvalue weighted by atomic mass is 14.1. The average molecular weight is 461 g/mol. The van der Waals surface area contributed by atoms with Gasteiger partial charge in [0.15, 0.2) is 0 Å². The predicted molar refractivity (Wildman–Crippen MR) is 162 cm³/mol.